The standard InChI is InChI=1S/C18H16N2O2/c1-12-8-9-15(13(2)10-12)17(21)20-18-19-11-16(22-18)14-6-4-3-5-7-14/h3-11H,1-2H3,(H,19,20,21). The topological polar surface area (TPSA) is 55.1 Å². The molecule has 1 N–H and O–H groups in total. The molecule has 0 aliphatic heterocycles. The fraction of sp³-hybridized carbons (Fsp3) is 0.111. The lowest BCUT2D eigenvalue weighted by Gasteiger charge is -2.05. The average molecular weight is 292 g/mol. The third-order valence-electron chi connectivity index (χ3n) is 3.41. The van der Waals surface area contributed by atoms with Gasteiger partial charge in [-0.2, -0.15) is 0 Å². The molecular weight excluding hydrogens is 276 g/mol. The summed E-state index contributed by atoms with van der Waals surface area (Å²) in [5, 5.41) is 2.69. The highest BCUT2D eigenvalue weighted by molar-refractivity contribution is 6.04. The number of hydrogen-bond donors (Lipinski definition) is 1. The Morgan fingerprint density at radius 2 is 1.86 bits per heavy atom. The third kappa shape index (κ3) is 2.91. The summed E-state index contributed by atoms with van der Waals surface area (Å²) in [5.74, 6) is 0.399. The number of carbonyl (C=O) groups excluding carboxylic acids is 1. The Kier molecular flexibility index (Phi) is 3.74. The number of hydrogen-bond acceptors (Lipinski definition) is 3. The Morgan fingerprint density at radius 3 is 2.59 bits per heavy atom. The summed E-state index contributed by atoms with van der Waals surface area (Å²) in [6, 6.07) is 15.5. The molecule has 110 valence electrons. The van der Waals surface area contributed by atoms with E-state index in [2.05, 4.69) is 10.3 Å². The van der Waals surface area contributed by atoms with E-state index in [-0.39, 0.29) is 11.9 Å². The predicted molar refractivity (Wildman–Crippen MR) is 85.8 cm³/mol. The van der Waals surface area contributed by atoms with Gasteiger partial charge in [0.2, 0.25) is 0 Å². The molecule has 0 saturated heterocycles. The van der Waals surface area contributed by atoms with Crippen molar-refractivity contribution in [2.75, 3.05) is 5.32 Å². The zero-order valence-corrected chi connectivity index (χ0v) is 12.5. The van der Waals surface area contributed by atoms with Gasteiger partial charge in [0.05, 0.1) is 6.20 Å². The van der Waals surface area contributed by atoms with Gasteiger partial charge in [0.1, 0.15) is 0 Å². The largest absolute Gasteiger partial charge is 0.423 e. The van der Waals surface area contributed by atoms with E-state index in [9.17, 15) is 4.79 Å². The summed E-state index contributed by atoms with van der Waals surface area (Å²) in [5.41, 5.74) is 3.58. The fourth-order valence-corrected chi connectivity index (χ4v) is 2.30. The van der Waals surface area contributed by atoms with Crippen LogP contribution in [-0.2, 0) is 0 Å². The maximum Gasteiger partial charge on any atom is 0.302 e. The Morgan fingerprint density at radius 1 is 1.09 bits per heavy atom. The van der Waals surface area contributed by atoms with E-state index in [0.29, 0.717) is 11.3 Å². The van der Waals surface area contributed by atoms with Crippen LogP contribution in [0, 0.1) is 13.8 Å². The smallest absolute Gasteiger partial charge is 0.302 e. The molecule has 4 heteroatoms. The first kappa shape index (κ1) is 14.1. The van der Waals surface area contributed by atoms with Crippen molar-refractivity contribution >= 4 is 11.9 Å². The molecule has 0 spiro atoms. The number of amides is 1. The molecular formula is C18H16N2O2. The molecule has 4 nitrogen and oxygen atoms in total. The first-order valence-electron chi connectivity index (χ1n) is 7.03. The second-order valence-corrected chi connectivity index (χ2v) is 5.17. The van der Waals surface area contributed by atoms with E-state index in [0.717, 1.165) is 16.7 Å². The van der Waals surface area contributed by atoms with Gasteiger partial charge in [-0.15, -0.1) is 0 Å². The molecule has 1 amide bonds. The molecule has 1 heterocycles. The van der Waals surface area contributed by atoms with Crippen LogP contribution < -0.4 is 5.32 Å². The van der Waals surface area contributed by atoms with Crippen LogP contribution in [0.4, 0.5) is 6.01 Å². The molecule has 0 radical (unpaired) electrons. The predicted octanol–water partition coefficient (Wildman–Crippen LogP) is 4.21. The lowest BCUT2D eigenvalue weighted by Crippen LogP contribution is -2.13. The quantitative estimate of drug-likeness (QED) is 0.786. The van der Waals surface area contributed by atoms with Crippen molar-refractivity contribution in [1.82, 2.24) is 4.98 Å². The van der Waals surface area contributed by atoms with E-state index >= 15 is 0 Å². The Bertz CT molecular complexity index is 807. The van der Waals surface area contributed by atoms with E-state index in [1.54, 1.807) is 12.3 Å². The molecule has 0 aliphatic rings. The highest BCUT2D eigenvalue weighted by Crippen LogP contribution is 2.22. The van der Waals surface area contributed by atoms with E-state index < -0.39 is 0 Å². The van der Waals surface area contributed by atoms with Crippen molar-refractivity contribution in [3.8, 4) is 11.3 Å². The number of oxazole rings is 1. The van der Waals surface area contributed by atoms with Crippen LogP contribution in [0.5, 0.6) is 0 Å². The molecule has 2 aromatic carbocycles. The van der Waals surface area contributed by atoms with Gasteiger partial charge in [-0.3, -0.25) is 10.1 Å². The van der Waals surface area contributed by atoms with Gasteiger partial charge in [-0.25, -0.2) is 4.98 Å². The maximum absolute atomic E-state index is 12.3. The molecule has 0 fully saturated rings. The van der Waals surface area contributed by atoms with Gasteiger partial charge >= 0.3 is 6.01 Å². The minimum absolute atomic E-state index is 0.198. The molecule has 0 aliphatic carbocycles. The van der Waals surface area contributed by atoms with Crippen LogP contribution in [0.2, 0.25) is 0 Å². The lowest BCUT2D eigenvalue weighted by atomic mass is 10.1. The number of nitrogens with one attached hydrogen (secondary N) is 1. The number of nitrogens with zero attached hydrogens (tertiary/aromatic N) is 1. The van der Waals surface area contributed by atoms with Crippen LogP contribution in [0.15, 0.2) is 59.1 Å². The molecule has 3 aromatic rings. The van der Waals surface area contributed by atoms with Crippen molar-refractivity contribution < 1.29 is 9.21 Å². The number of rotatable bonds is 3. The Balaban J connectivity index is 1.79. The van der Waals surface area contributed by atoms with Crippen molar-refractivity contribution in [2.45, 2.75) is 13.8 Å². The summed E-state index contributed by atoms with van der Waals surface area (Å²) in [6.45, 7) is 3.90. The number of benzene rings is 2. The molecule has 22 heavy (non-hydrogen) atoms. The summed E-state index contributed by atoms with van der Waals surface area (Å²) < 4.78 is 5.58. The zero-order chi connectivity index (χ0) is 15.5. The lowest BCUT2D eigenvalue weighted by molar-refractivity contribution is 0.102. The van der Waals surface area contributed by atoms with Crippen molar-refractivity contribution in [2.24, 2.45) is 0 Å². The molecule has 0 bridgehead atoms. The average Bonchev–Trinajstić information content (AvgIpc) is 2.96. The minimum atomic E-state index is -0.223. The number of aromatic nitrogens is 1. The van der Waals surface area contributed by atoms with Crippen molar-refractivity contribution in [3.05, 3.63) is 71.4 Å². The van der Waals surface area contributed by atoms with Gasteiger partial charge < -0.3 is 4.42 Å². The SMILES string of the molecule is Cc1ccc(C(=O)Nc2ncc(-c3ccccc3)o2)c(C)c1. The molecule has 0 unspecified atom stereocenters. The van der Waals surface area contributed by atoms with Gasteiger partial charge in [-0.05, 0) is 25.5 Å². The van der Waals surface area contributed by atoms with Gasteiger partial charge in [0, 0.05) is 11.1 Å². The van der Waals surface area contributed by atoms with Crippen LogP contribution >= 0.6 is 0 Å². The van der Waals surface area contributed by atoms with Crippen molar-refractivity contribution in [1.29, 1.82) is 0 Å². The van der Waals surface area contributed by atoms with Gasteiger partial charge in [0.15, 0.2) is 5.76 Å². The molecule has 1 aromatic heterocycles. The zero-order valence-electron chi connectivity index (χ0n) is 12.5. The van der Waals surface area contributed by atoms with Crippen molar-refractivity contribution in [3.63, 3.8) is 0 Å². The van der Waals surface area contributed by atoms with Crippen LogP contribution in [-0.4, -0.2) is 10.9 Å². The van der Waals surface area contributed by atoms with Gasteiger partial charge in [-0.1, -0.05) is 48.0 Å². The second kappa shape index (κ2) is 5.85. The summed E-state index contributed by atoms with van der Waals surface area (Å²) in [4.78, 5) is 16.4. The normalized spacial score (nSPS) is 10.5. The van der Waals surface area contributed by atoms with E-state index in [1.165, 1.54) is 0 Å². The molecule has 0 saturated carbocycles. The molecule has 0 atom stereocenters. The fourth-order valence-electron chi connectivity index (χ4n) is 2.30. The minimum Gasteiger partial charge on any atom is -0.423 e. The first-order chi connectivity index (χ1) is 10.6. The van der Waals surface area contributed by atoms with E-state index in [4.69, 9.17) is 4.42 Å². The van der Waals surface area contributed by atoms with Gasteiger partial charge in [0.25, 0.3) is 5.91 Å². The van der Waals surface area contributed by atoms with Crippen LogP contribution in [0.1, 0.15) is 21.5 Å². The van der Waals surface area contributed by atoms with Crippen LogP contribution in [0.3, 0.4) is 0 Å². The summed E-state index contributed by atoms with van der Waals surface area (Å²) in [6.07, 6.45) is 1.60. The number of anilines is 1. The second-order valence-electron chi connectivity index (χ2n) is 5.17. The van der Waals surface area contributed by atoms with Crippen LogP contribution in [0.25, 0.3) is 11.3 Å². The highest BCUT2D eigenvalue weighted by Gasteiger charge is 2.13. The number of aryl methyl sites for hydroxylation is 2. The summed E-state index contributed by atoms with van der Waals surface area (Å²) >= 11 is 0. The number of carbonyl (C=O) groups is 1. The maximum atomic E-state index is 12.3. The Hall–Kier alpha value is -2.88. The Labute approximate surface area is 128 Å². The molecule has 3 rings (SSSR count). The monoisotopic (exact) mass is 292 g/mol. The highest BCUT2D eigenvalue weighted by atomic mass is 16.4. The summed E-state index contributed by atoms with van der Waals surface area (Å²) in [7, 11) is 0. The van der Waals surface area contributed by atoms with E-state index in [1.807, 2.05) is 56.3 Å². The first-order valence-corrected chi connectivity index (χ1v) is 7.03. The third-order valence-corrected chi connectivity index (χ3v) is 3.41.